The summed E-state index contributed by atoms with van der Waals surface area (Å²) < 4.78 is 11.1. The zero-order valence-electron chi connectivity index (χ0n) is 21.4. The summed E-state index contributed by atoms with van der Waals surface area (Å²) in [6.45, 7) is 15.5. The molecule has 0 unspecified atom stereocenters. The van der Waals surface area contributed by atoms with Crippen LogP contribution in [0.4, 0.5) is 11.8 Å². The van der Waals surface area contributed by atoms with Gasteiger partial charge in [0.05, 0.1) is 0 Å². The predicted octanol–water partition coefficient (Wildman–Crippen LogP) is 2.04. The van der Waals surface area contributed by atoms with Gasteiger partial charge in [-0.15, -0.1) is 0 Å². The Bertz CT molecular complexity index is 837. The van der Waals surface area contributed by atoms with Gasteiger partial charge >= 0.3 is 11.9 Å². The number of ether oxygens (including phenoxy) is 2. The van der Waals surface area contributed by atoms with Gasteiger partial charge in [0.15, 0.2) is 5.69 Å². The average Bonchev–Trinajstić information content (AvgIpc) is 2.64. The number of hydrogen-bond donors (Lipinski definition) is 1. The van der Waals surface area contributed by atoms with Crippen molar-refractivity contribution in [3.05, 3.63) is 11.3 Å². The summed E-state index contributed by atoms with van der Waals surface area (Å²) in [6, 6.07) is 0. The number of carbonyl (C=O) groups is 2. The number of nitrogen functional groups attached to an aromatic ring is 1. The summed E-state index contributed by atoms with van der Waals surface area (Å²) >= 11 is 0. The van der Waals surface area contributed by atoms with E-state index in [1.54, 1.807) is 41.5 Å². The molecule has 10 heteroatoms. The van der Waals surface area contributed by atoms with Crippen LogP contribution in [0, 0.1) is 0 Å². The van der Waals surface area contributed by atoms with E-state index in [-0.39, 0.29) is 17.2 Å². The molecule has 0 spiro atoms. The van der Waals surface area contributed by atoms with Crippen molar-refractivity contribution in [3.8, 4) is 0 Å². The highest BCUT2D eigenvalue weighted by molar-refractivity contribution is 6.05. The van der Waals surface area contributed by atoms with Crippen LogP contribution in [-0.4, -0.2) is 96.3 Å². The van der Waals surface area contributed by atoms with Crippen LogP contribution in [0.2, 0.25) is 0 Å². The standard InChI is InChI=1S/C23H40N6O4/c1-22(2,3)32-19(30)16-17(20(31)33-23(4,5)6)25-21(24)26-18(16)29-14-12-28(13-15-29)11-9-10-27(7)8/h9-15H2,1-8H3,(H2,24,25,26). The first-order chi connectivity index (χ1) is 15.2. The van der Waals surface area contributed by atoms with Gasteiger partial charge in [0.2, 0.25) is 5.95 Å². The van der Waals surface area contributed by atoms with Crippen molar-refractivity contribution < 1.29 is 19.1 Å². The number of aromatic nitrogens is 2. The molecular formula is C23H40N6O4. The molecule has 0 radical (unpaired) electrons. The van der Waals surface area contributed by atoms with Crippen molar-refractivity contribution in [3.63, 3.8) is 0 Å². The maximum absolute atomic E-state index is 13.2. The largest absolute Gasteiger partial charge is 0.456 e. The lowest BCUT2D eigenvalue weighted by molar-refractivity contribution is 0.00134. The van der Waals surface area contributed by atoms with E-state index in [2.05, 4.69) is 33.9 Å². The van der Waals surface area contributed by atoms with E-state index in [9.17, 15) is 9.59 Å². The van der Waals surface area contributed by atoms with Crippen molar-refractivity contribution in [2.24, 2.45) is 0 Å². The summed E-state index contributed by atoms with van der Waals surface area (Å²) in [7, 11) is 4.13. The van der Waals surface area contributed by atoms with Crippen LogP contribution in [0.25, 0.3) is 0 Å². The molecule has 1 aliphatic rings. The fourth-order valence-electron chi connectivity index (χ4n) is 3.48. The first-order valence-electron chi connectivity index (χ1n) is 11.4. The number of rotatable bonds is 7. The fraction of sp³-hybridized carbons (Fsp3) is 0.739. The average molecular weight is 465 g/mol. The predicted molar refractivity (Wildman–Crippen MR) is 129 cm³/mol. The molecule has 0 bridgehead atoms. The summed E-state index contributed by atoms with van der Waals surface area (Å²) in [5.41, 5.74) is 4.26. The van der Waals surface area contributed by atoms with Gasteiger partial charge in [0, 0.05) is 26.2 Å². The molecule has 2 rings (SSSR count). The van der Waals surface area contributed by atoms with Crippen LogP contribution in [0.15, 0.2) is 0 Å². The lowest BCUT2D eigenvalue weighted by Crippen LogP contribution is -2.48. The molecule has 0 saturated carbocycles. The maximum atomic E-state index is 13.2. The second kappa shape index (κ2) is 10.6. The Morgan fingerprint density at radius 1 is 0.939 bits per heavy atom. The normalized spacial score (nSPS) is 15.6. The third kappa shape index (κ3) is 8.43. The van der Waals surface area contributed by atoms with Crippen molar-refractivity contribution in [2.75, 3.05) is 64.0 Å². The van der Waals surface area contributed by atoms with Crippen molar-refractivity contribution in [2.45, 2.75) is 59.2 Å². The van der Waals surface area contributed by atoms with Crippen LogP contribution >= 0.6 is 0 Å². The molecule has 0 atom stereocenters. The number of piperazine rings is 1. The van der Waals surface area contributed by atoms with Crippen LogP contribution in [-0.2, 0) is 9.47 Å². The fourth-order valence-corrected chi connectivity index (χ4v) is 3.48. The summed E-state index contributed by atoms with van der Waals surface area (Å²) in [4.78, 5) is 41.1. The number of hydrogen-bond acceptors (Lipinski definition) is 10. The summed E-state index contributed by atoms with van der Waals surface area (Å²) in [5, 5.41) is 0. The molecule has 1 saturated heterocycles. The molecule has 0 aliphatic carbocycles. The van der Waals surface area contributed by atoms with E-state index in [1.807, 2.05) is 4.90 Å². The minimum atomic E-state index is -0.764. The minimum Gasteiger partial charge on any atom is -0.456 e. The van der Waals surface area contributed by atoms with Crippen molar-refractivity contribution in [1.82, 2.24) is 19.8 Å². The molecule has 1 fully saturated rings. The second-order valence-electron chi connectivity index (χ2n) is 10.6. The first kappa shape index (κ1) is 26.8. The van der Waals surface area contributed by atoms with Crippen LogP contribution < -0.4 is 10.6 Å². The Kier molecular flexibility index (Phi) is 8.64. The molecule has 2 N–H and O–H groups in total. The van der Waals surface area contributed by atoms with Gasteiger partial charge in [-0.1, -0.05) is 0 Å². The van der Waals surface area contributed by atoms with Crippen LogP contribution in [0.5, 0.6) is 0 Å². The Morgan fingerprint density at radius 3 is 2.00 bits per heavy atom. The summed E-state index contributed by atoms with van der Waals surface area (Å²) in [6.07, 6.45) is 1.08. The van der Waals surface area contributed by atoms with E-state index in [0.717, 1.165) is 32.6 Å². The van der Waals surface area contributed by atoms with Gasteiger partial charge in [-0.25, -0.2) is 14.6 Å². The number of nitrogens with zero attached hydrogens (tertiary/aromatic N) is 5. The quantitative estimate of drug-likeness (QED) is 0.601. The highest BCUT2D eigenvalue weighted by Gasteiger charge is 2.34. The zero-order chi connectivity index (χ0) is 25.0. The lowest BCUT2D eigenvalue weighted by atomic mass is 10.1. The Balaban J connectivity index is 2.35. The third-order valence-corrected chi connectivity index (χ3v) is 4.85. The molecule has 0 aromatic carbocycles. The van der Waals surface area contributed by atoms with E-state index >= 15 is 0 Å². The molecule has 10 nitrogen and oxygen atoms in total. The third-order valence-electron chi connectivity index (χ3n) is 4.85. The minimum absolute atomic E-state index is 0.00515. The van der Waals surface area contributed by atoms with E-state index < -0.39 is 23.1 Å². The van der Waals surface area contributed by atoms with Crippen LogP contribution in [0.3, 0.4) is 0 Å². The molecular weight excluding hydrogens is 424 g/mol. The van der Waals surface area contributed by atoms with Crippen molar-refractivity contribution in [1.29, 1.82) is 0 Å². The van der Waals surface area contributed by atoms with E-state index in [1.165, 1.54) is 0 Å². The monoisotopic (exact) mass is 464 g/mol. The van der Waals surface area contributed by atoms with Gasteiger partial charge in [-0.2, -0.15) is 4.98 Å². The van der Waals surface area contributed by atoms with Gasteiger partial charge in [-0.3, -0.25) is 4.90 Å². The van der Waals surface area contributed by atoms with Gasteiger partial charge in [-0.05, 0) is 75.1 Å². The summed E-state index contributed by atoms with van der Waals surface area (Å²) in [5.74, 6) is -1.19. The van der Waals surface area contributed by atoms with Gasteiger partial charge in [0.1, 0.15) is 22.6 Å². The topological polar surface area (TPSA) is 114 Å². The number of anilines is 2. The van der Waals surface area contributed by atoms with E-state index in [0.29, 0.717) is 18.9 Å². The Labute approximate surface area is 197 Å². The van der Waals surface area contributed by atoms with Crippen LogP contribution in [0.1, 0.15) is 68.8 Å². The van der Waals surface area contributed by atoms with Crippen molar-refractivity contribution >= 4 is 23.7 Å². The molecule has 1 aliphatic heterocycles. The highest BCUT2D eigenvalue weighted by Crippen LogP contribution is 2.27. The zero-order valence-corrected chi connectivity index (χ0v) is 21.4. The second-order valence-corrected chi connectivity index (χ2v) is 10.6. The molecule has 1 aromatic heterocycles. The molecule has 2 heterocycles. The first-order valence-corrected chi connectivity index (χ1v) is 11.4. The Hall–Kier alpha value is -2.46. The number of carbonyl (C=O) groups excluding carboxylic acids is 2. The van der Waals surface area contributed by atoms with E-state index in [4.69, 9.17) is 15.2 Å². The lowest BCUT2D eigenvalue weighted by Gasteiger charge is -2.36. The molecule has 0 amide bonds. The highest BCUT2D eigenvalue weighted by atomic mass is 16.6. The molecule has 33 heavy (non-hydrogen) atoms. The Morgan fingerprint density at radius 2 is 1.48 bits per heavy atom. The maximum Gasteiger partial charge on any atom is 0.358 e. The van der Waals surface area contributed by atoms with Gasteiger partial charge < -0.3 is 25.0 Å². The number of nitrogens with two attached hydrogens (primary N) is 1. The smallest absolute Gasteiger partial charge is 0.358 e. The molecule has 1 aromatic rings. The number of esters is 2. The molecule has 186 valence electrons. The van der Waals surface area contributed by atoms with Gasteiger partial charge in [0.25, 0.3) is 0 Å². The SMILES string of the molecule is CN(C)CCCN1CCN(c2nc(N)nc(C(=O)OC(C)(C)C)c2C(=O)OC(C)(C)C)CC1.